The van der Waals surface area contributed by atoms with Crippen molar-refractivity contribution in [3.05, 3.63) is 76.8 Å². The minimum absolute atomic E-state index is 0.0178. The van der Waals surface area contributed by atoms with Crippen molar-refractivity contribution in [3.63, 3.8) is 0 Å². The fourth-order valence-corrected chi connectivity index (χ4v) is 4.17. The smallest absolute Gasteiger partial charge is 0.228 e. The van der Waals surface area contributed by atoms with E-state index in [4.69, 9.17) is 0 Å². The molecular weight excluding hydrogens is 408 g/mol. The molecule has 4 rings (SSSR count). The number of thiazole rings is 1. The minimum atomic E-state index is -0.721. The molecule has 5 nitrogen and oxygen atoms in total. The van der Waals surface area contributed by atoms with Gasteiger partial charge in [0.2, 0.25) is 11.8 Å². The Bertz CT molecular complexity index is 1140. The van der Waals surface area contributed by atoms with E-state index in [0.717, 1.165) is 34.6 Å². The molecule has 1 aromatic heterocycles. The number of anilines is 1. The number of benzene rings is 2. The van der Waals surface area contributed by atoms with E-state index in [0.29, 0.717) is 0 Å². The number of carbonyl (C=O) groups is 2. The maximum absolute atomic E-state index is 14.0. The maximum atomic E-state index is 14.0. The Balaban J connectivity index is 1.53. The summed E-state index contributed by atoms with van der Waals surface area (Å²) in [6.07, 6.45) is 3.52. The third kappa shape index (κ3) is 3.86. The number of hydrogen-bond donors (Lipinski definition) is 1. The number of nitrogens with one attached hydrogen (secondary N) is 1. The number of halogens is 2. The maximum Gasteiger partial charge on any atom is 0.228 e. The van der Waals surface area contributed by atoms with Crippen LogP contribution in [0.2, 0.25) is 0 Å². The Kier molecular flexibility index (Phi) is 5.41. The van der Waals surface area contributed by atoms with Gasteiger partial charge in [-0.05, 0) is 29.3 Å². The van der Waals surface area contributed by atoms with Crippen LogP contribution < -0.4 is 5.32 Å². The van der Waals surface area contributed by atoms with Crippen LogP contribution in [0.25, 0.3) is 17.3 Å². The highest BCUT2D eigenvalue weighted by molar-refractivity contribution is 7.14. The summed E-state index contributed by atoms with van der Waals surface area (Å²) in [6.45, 7) is 1.44. The largest absolute Gasteiger partial charge is 0.311 e. The van der Waals surface area contributed by atoms with Gasteiger partial charge in [-0.1, -0.05) is 30.3 Å². The van der Waals surface area contributed by atoms with Crippen LogP contribution in [0, 0.1) is 11.6 Å². The van der Waals surface area contributed by atoms with Crippen LogP contribution in [-0.4, -0.2) is 21.7 Å². The first-order valence-electron chi connectivity index (χ1n) is 9.20. The Morgan fingerprint density at radius 3 is 2.60 bits per heavy atom. The highest BCUT2D eigenvalue weighted by atomic mass is 32.1. The predicted molar refractivity (Wildman–Crippen MR) is 111 cm³/mol. The average Bonchev–Trinajstić information content (AvgIpc) is 3.15. The van der Waals surface area contributed by atoms with Crippen LogP contribution in [0.3, 0.4) is 0 Å². The molecule has 2 heterocycles. The topological polar surface area (TPSA) is 62.3 Å². The molecule has 0 spiro atoms. The van der Waals surface area contributed by atoms with E-state index in [1.807, 2.05) is 30.3 Å². The van der Waals surface area contributed by atoms with Crippen molar-refractivity contribution >= 4 is 34.4 Å². The molecule has 0 saturated carbocycles. The van der Waals surface area contributed by atoms with Crippen molar-refractivity contribution < 1.29 is 18.4 Å². The molecule has 0 saturated heterocycles. The predicted octanol–water partition coefficient (Wildman–Crippen LogP) is 4.99. The van der Waals surface area contributed by atoms with Gasteiger partial charge in [-0.25, -0.2) is 13.8 Å². The molecule has 0 bridgehead atoms. The Hall–Kier alpha value is -3.39. The van der Waals surface area contributed by atoms with E-state index in [1.165, 1.54) is 23.3 Å². The molecule has 2 aromatic carbocycles. The van der Waals surface area contributed by atoms with E-state index < -0.39 is 17.7 Å². The zero-order valence-electron chi connectivity index (χ0n) is 15.9. The highest BCUT2D eigenvalue weighted by Gasteiger charge is 2.28. The van der Waals surface area contributed by atoms with Gasteiger partial charge < -0.3 is 10.2 Å². The van der Waals surface area contributed by atoms with E-state index in [9.17, 15) is 18.4 Å². The molecule has 0 radical (unpaired) electrons. The minimum Gasteiger partial charge on any atom is -0.311 e. The van der Waals surface area contributed by atoms with Crippen LogP contribution in [0.1, 0.15) is 30.5 Å². The van der Waals surface area contributed by atoms with E-state index in [-0.39, 0.29) is 34.6 Å². The van der Waals surface area contributed by atoms with E-state index >= 15 is 0 Å². The number of aromatic nitrogens is 1. The van der Waals surface area contributed by atoms with Gasteiger partial charge in [0, 0.05) is 18.5 Å². The molecule has 1 N–H and O–H groups in total. The summed E-state index contributed by atoms with van der Waals surface area (Å²) in [4.78, 5) is 30.4. The van der Waals surface area contributed by atoms with Gasteiger partial charge in [-0.2, -0.15) is 0 Å². The third-order valence-corrected chi connectivity index (χ3v) is 5.57. The normalized spacial score (nSPS) is 15.0. The molecule has 152 valence electrons. The summed E-state index contributed by atoms with van der Waals surface area (Å²) in [7, 11) is 0. The Morgan fingerprint density at radius 1 is 1.13 bits per heavy atom. The molecule has 3 aromatic rings. The van der Waals surface area contributed by atoms with Crippen LogP contribution >= 0.6 is 11.3 Å². The zero-order chi connectivity index (χ0) is 21.3. The number of carbonyl (C=O) groups excluding carboxylic acids is 2. The first kappa shape index (κ1) is 19.9. The molecule has 2 amide bonds. The summed E-state index contributed by atoms with van der Waals surface area (Å²) >= 11 is 1.07. The van der Waals surface area contributed by atoms with E-state index in [1.54, 1.807) is 6.20 Å². The van der Waals surface area contributed by atoms with Crippen LogP contribution in [-0.2, 0) is 9.59 Å². The standard InChI is InChI=1S/C22H17F2N3O2S/c1-13(28)27-10-9-14-5-2-3-6-15(14)19(27)11-20(29)26-22-25-18(12-30-22)21-16(23)7-4-8-17(21)24/h2-10,12,19H,11H2,1H3,(H,25,26,29)/t19-/m1/s1. The molecule has 30 heavy (non-hydrogen) atoms. The van der Waals surface area contributed by atoms with Gasteiger partial charge in [0.15, 0.2) is 5.13 Å². The van der Waals surface area contributed by atoms with Gasteiger partial charge in [-0.3, -0.25) is 9.59 Å². The summed E-state index contributed by atoms with van der Waals surface area (Å²) < 4.78 is 27.9. The third-order valence-electron chi connectivity index (χ3n) is 4.82. The first-order valence-corrected chi connectivity index (χ1v) is 10.1. The summed E-state index contributed by atoms with van der Waals surface area (Å²) in [5, 5.41) is 4.38. The highest BCUT2D eigenvalue weighted by Crippen LogP contribution is 2.34. The molecule has 1 aliphatic rings. The van der Waals surface area contributed by atoms with Crippen molar-refractivity contribution in [2.24, 2.45) is 0 Å². The number of nitrogens with zero attached hydrogens (tertiary/aromatic N) is 2. The van der Waals surface area contributed by atoms with Gasteiger partial charge in [0.25, 0.3) is 0 Å². The average molecular weight is 425 g/mol. The quantitative estimate of drug-likeness (QED) is 0.641. The molecule has 1 atom stereocenters. The second-order valence-corrected chi connectivity index (χ2v) is 7.63. The first-order chi connectivity index (χ1) is 14.4. The van der Waals surface area contributed by atoms with Crippen LogP contribution in [0.5, 0.6) is 0 Å². The fourth-order valence-electron chi connectivity index (χ4n) is 3.45. The number of hydrogen-bond acceptors (Lipinski definition) is 4. The van der Waals surface area contributed by atoms with Gasteiger partial charge in [-0.15, -0.1) is 11.3 Å². The molecule has 0 fully saturated rings. The van der Waals surface area contributed by atoms with Crippen molar-refractivity contribution in [1.82, 2.24) is 9.88 Å². The van der Waals surface area contributed by atoms with Gasteiger partial charge >= 0.3 is 0 Å². The fraction of sp³-hybridized carbons (Fsp3) is 0.136. The monoisotopic (exact) mass is 425 g/mol. The number of amides is 2. The number of rotatable bonds is 4. The van der Waals surface area contributed by atoms with Crippen molar-refractivity contribution in [2.45, 2.75) is 19.4 Å². The molecular formula is C22H17F2N3O2S. The van der Waals surface area contributed by atoms with Crippen LogP contribution in [0.4, 0.5) is 13.9 Å². The SMILES string of the molecule is CC(=O)N1C=Cc2ccccc2[C@H]1CC(=O)Nc1nc(-c2c(F)cccc2F)cs1. The second-order valence-electron chi connectivity index (χ2n) is 6.77. The lowest BCUT2D eigenvalue weighted by Crippen LogP contribution is -2.33. The lowest BCUT2D eigenvalue weighted by atomic mass is 9.93. The Labute approximate surface area is 175 Å². The Morgan fingerprint density at radius 2 is 1.87 bits per heavy atom. The summed E-state index contributed by atoms with van der Waals surface area (Å²) in [5.74, 6) is -1.97. The van der Waals surface area contributed by atoms with Crippen LogP contribution in [0.15, 0.2) is 54.0 Å². The number of fused-ring (bicyclic) bond motifs is 1. The lowest BCUT2D eigenvalue weighted by Gasteiger charge is -2.32. The van der Waals surface area contributed by atoms with Crippen molar-refractivity contribution in [3.8, 4) is 11.3 Å². The molecule has 0 aliphatic carbocycles. The van der Waals surface area contributed by atoms with Gasteiger partial charge in [0.1, 0.15) is 11.6 Å². The summed E-state index contributed by atoms with van der Waals surface area (Å²) in [5.41, 5.74) is 1.70. The van der Waals surface area contributed by atoms with Crippen molar-refractivity contribution in [2.75, 3.05) is 5.32 Å². The summed E-state index contributed by atoms with van der Waals surface area (Å²) in [6, 6.07) is 10.7. The van der Waals surface area contributed by atoms with Gasteiger partial charge in [0.05, 0.1) is 23.7 Å². The zero-order valence-corrected chi connectivity index (χ0v) is 16.7. The molecule has 0 unspecified atom stereocenters. The van der Waals surface area contributed by atoms with Crippen molar-refractivity contribution in [1.29, 1.82) is 0 Å². The second kappa shape index (κ2) is 8.16. The molecule has 8 heteroatoms. The lowest BCUT2D eigenvalue weighted by molar-refractivity contribution is -0.129. The molecule has 1 aliphatic heterocycles. The van der Waals surface area contributed by atoms with E-state index in [2.05, 4.69) is 10.3 Å².